The summed E-state index contributed by atoms with van der Waals surface area (Å²) < 4.78 is 45.7. The molecule has 1 fully saturated rings. The van der Waals surface area contributed by atoms with Gasteiger partial charge in [0.15, 0.2) is 17.4 Å². The van der Waals surface area contributed by atoms with Crippen LogP contribution < -0.4 is 9.47 Å². The van der Waals surface area contributed by atoms with Gasteiger partial charge in [0.25, 0.3) is 0 Å². The van der Waals surface area contributed by atoms with Gasteiger partial charge in [-0.15, -0.1) is 0 Å². The number of methoxy groups -OCH3 is 2. The SMILES string of the molecule is COc1ccc(CN(C[C@@H](O)COCc2ccccc2)C[C@]2(O)CC[C@H]3c4ccc(cc4C(=O)c4ccc(F)c(F)c4)C[C@@H](O)CCC(C)=CCC[C@@]32C)c(OC)c1. The summed E-state index contributed by atoms with van der Waals surface area (Å²) in [6.45, 7) is 5.34. The van der Waals surface area contributed by atoms with Crippen molar-refractivity contribution < 1.29 is 43.1 Å². The van der Waals surface area contributed by atoms with Gasteiger partial charge in [-0.05, 0) is 105 Å². The highest BCUT2D eigenvalue weighted by molar-refractivity contribution is 6.10. The number of allylic oxidation sites excluding steroid dienone is 2. The topological polar surface area (TPSA) is 109 Å². The van der Waals surface area contributed by atoms with Crippen LogP contribution in [0.15, 0.2) is 96.6 Å². The van der Waals surface area contributed by atoms with Crippen LogP contribution in [0, 0.1) is 17.0 Å². The Kier molecular flexibility index (Phi) is 14.2. The number of aliphatic hydroxyl groups excluding tert-OH is 2. The Balaban J connectivity index is 1.37. The minimum Gasteiger partial charge on any atom is -0.497 e. The van der Waals surface area contributed by atoms with Gasteiger partial charge in [0.05, 0.1) is 45.2 Å². The van der Waals surface area contributed by atoms with Crippen LogP contribution in [0.4, 0.5) is 8.78 Å². The lowest BCUT2D eigenvalue weighted by Crippen LogP contribution is -2.53. The van der Waals surface area contributed by atoms with Crippen molar-refractivity contribution in [3.8, 4) is 11.5 Å². The van der Waals surface area contributed by atoms with Gasteiger partial charge in [0, 0.05) is 47.8 Å². The van der Waals surface area contributed by atoms with Crippen LogP contribution in [-0.2, 0) is 24.3 Å². The van der Waals surface area contributed by atoms with E-state index >= 15 is 0 Å². The van der Waals surface area contributed by atoms with E-state index in [0.29, 0.717) is 75.2 Å². The molecule has 310 valence electrons. The zero-order valence-electron chi connectivity index (χ0n) is 34.1. The van der Waals surface area contributed by atoms with Crippen molar-refractivity contribution in [3.63, 3.8) is 0 Å². The van der Waals surface area contributed by atoms with E-state index in [1.807, 2.05) is 60.7 Å². The summed E-state index contributed by atoms with van der Waals surface area (Å²) in [6.07, 6.45) is 4.46. The maximum Gasteiger partial charge on any atom is 0.193 e. The third-order valence-corrected chi connectivity index (χ3v) is 12.4. The number of rotatable bonds is 14. The average molecular weight is 798 g/mol. The molecule has 2 bridgehead atoms. The predicted octanol–water partition coefficient (Wildman–Crippen LogP) is 8.33. The van der Waals surface area contributed by atoms with Gasteiger partial charge in [-0.25, -0.2) is 8.78 Å². The summed E-state index contributed by atoms with van der Waals surface area (Å²) in [6, 6.07) is 24.2. The molecule has 0 aliphatic heterocycles. The molecule has 0 unspecified atom stereocenters. The number of ether oxygens (including phenoxy) is 3. The smallest absolute Gasteiger partial charge is 0.193 e. The van der Waals surface area contributed by atoms with Crippen LogP contribution in [0.5, 0.6) is 11.5 Å². The minimum atomic E-state index is -1.29. The Morgan fingerprint density at radius 1 is 0.948 bits per heavy atom. The molecule has 0 radical (unpaired) electrons. The first kappa shape index (κ1) is 43.1. The third kappa shape index (κ3) is 10.0. The standard InChI is InChI=1S/C48H57F2NO7/c1-32-9-8-21-47(2)42(40-18-13-34(23-37(52)16-12-32)24-41(40)46(54)35-15-19-43(49)44(50)25-35)20-22-48(47,55)31-51(27-36-14-17-39(56-3)26-45(36)57-4)28-38(53)30-58-29-33-10-6-5-7-11-33/h5-7,9-11,13-15,17-19,24-26,37-38,42,52-53,55H,8,12,16,20-23,27-31H2,1-4H3/t37-,38+,42-,47-,48+/m0/s1. The first-order valence-electron chi connectivity index (χ1n) is 20.2. The lowest BCUT2D eigenvalue weighted by atomic mass is 9.64. The molecule has 3 aliphatic rings. The molecule has 5 atom stereocenters. The zero-order valence-corrected chi connectivity index (χ0v) is 34.1. The highest BCUT2D eigenvalue weighted by atomic mass is 19.2. The van der Waals surface area contributed by atoms with Crippen molar-refractivity contribution in [1.82, 2.24) is 4.90 Å². The van der Waals surface area contributed by atoms with Gasteiger partial charge >= 0.3 is 0 Å². The number of benzene rings is 4. The predicted molar refractivity (Wildman–Crippen MR) is 220 cm³/mol. The fourth-order valence-electron chi connectivity index (χ4n) is 9.01. The van der Waals surface area contributed by atoms with E-state index in [-0.39, 0.29) is 31.2 Å². The molecule has 0 amide bonds. The molecule has 7 rings (SSSR count). The number of aliphatic hydroxyl groups is 3. The second-order valence-corrected chi connectivity index (χ2v) is 16.4. The molecule has 3 N–H and O–H groups in total. The number of halogens is 2. The number of hydrogen-bond donors (Lipinski definition) is 3. The van der Waals surface area contributed by atoms with Crippen molar-refractivity contribution in [3.05, 3.63) is 142 Å². The Bertz CT molecular complexity index is 2060. The number of carbonyl (C=O) groups is 1. The van der Waals surface area contributed by atoms with Crippen LogP contribution >= 0.6 is 0 Å². The fraction of sp³-hybridized carbons (Fsp3) is 0.438. The van der Waals surface area contributed by atoms with Crippen LogP contribution in [0.2, 0.25) is 0 Å². The van der Waals surface area contributed by atoms with Crippen molar-refractivity contribution in [2.45, 2.75) is 95.7 Å². The van der Waals surface area contributed by atoms with Crippen molar-refractivity contribution in [1.29, 1.82) is 0 Å². The van der Waals surface area contributed by atoms with Gasteiger partial charge < -0.3 is 29.5 Å². The number of fused-ring (bicyclic) bond motifs is 8. The van der Waals surface area contributed by atoms with Crippen molar-refractivity contribution in [2.24, 2.45) is 5.41 Å². The molecule has 3 aliphatic carbocycles. The van der Waals surface area contributed by atoms with Crippen LogP contribution in [0.3, 0.4) is 0 Å². The largest absolute Gasteiger partial charge is 0.497 e. The summed E-state index contributed by atoms with van der Waals surface area (Å²) in [4.78, 5) is 16.4. The lowest BCUT2D eigenvalue weighted by Gasteiger charge is -2.46. The summed E-state index contributed by atoms with van der Waals surface area (Å²) in [5.74, 6) is -1.63. The first-order chi connectivity index (χ1) is 27.8. The van der Waals surface area contributed by atoms with Gasteiger partial charge in [0.1, 0.15) is 11.5 Å². The third-order valence-electron chi connectivity index (χ3n) is 12.4. The molecule has 58 heavy (non-hydrogen) atoms. The highest BCUT2D eigenvalue weighted by Crippen LogP contribution is 2.59. The van der Waals surface area contributed by atoms with Gasteiger partial charge in [-0.3, -0.25) is 9.69 Å². The Labute approximate surface area is 341 Å². The maximum atomic E-state index is 14.5. The molecule has 4 aromatic carbocycles. The molecule has 0 spiro atoms. The van der Waals surface area contributed by atoms with Crippen molar-refractivity contribution >= 4 is 5.78 Å². The number of nitrogens with zero attached hydrogens (tertiary/aromatic N) is 1. The second kappa shape index (κ2) is 19.1. The van der Waals surface area contributed by atoms with Gasteiger partial charge in [-0.2, -0.15) is 0 Å². The van der Waals surface area contributed by atoms with Crippen LogP contribution in [-0.4, -0.2) is 77.7 Å². The molecule has 0 heterocycles. The van der Waals surface area contributed by atoms with Gasteiger partial charge in [0.2, 0.25) is 0 Å². The molecule has 0 aromatic heterocycles. The summed E-state index contributed by atoms with van der Waals surface area (Å²) >= 11 is 0. The van der Waals surface area contributed by atoms with E-state index in [0.717, 1.165) is 40.0 Å². The second-order valence-electron chi connectivity index (χ2n) is 16.4. The van der Waals surface area contributed by atoms with Gasteiger partial charge in [-0.1, -0.05) is 67.1 Å². The lowest BCUT2D eigenvalue weighted by molar-refractivity contribution is -0.0924. The van der Waals surface area contributed by atoms with E-state index in [4.69, 9.17) is 14.2 Å². The summed E-state index contributed by atoms with van der Waals surface area (Å²) in [5, 5.41) is 35.6. The molecular formula is C48H57F2NO7. The van der Waals surface area contributed by atoms with E-state index in [9.17, 15) is 28.9 Å². The summed E-state index contributed by atoms with van der Waals surface area (Å²) in [5.41, 5.74) is 2.80. The number of carbonyl (C=O) groups excluding carboxylic acids is 1. The number of hydrogen-bond acceptors (Lipinski definition) is 8. The molecule has 8 nitrogen and oxygen atoms in total. The van der Waals surface area contributed by atoms with Crippen LogP contribution in [0.1, 0.15) is 96.5 Å². The van der Waals surface area contributed by atoms with E-state index in [2.05, 4.69) is 24.8 Å². The van der Waals surface area contributed by atoms with Crippen molar-refractivity contribution in [2.75, 3.05) is 33.9 Å². The Hall–Kier alpha value is -4.45. The van der Waals surface area contributed by atoms with E-state index < -0.39 is 40.6 Å². The van der Waals surface area contributed by atoms with E-state index in [1.165, 1.54) is 6.07 Å². The maximum absolute atomic E-state index is 14.5. The fourth-order valence-corrected chi connectivity index (χ4v) is 9.01. The zero-order chi connectivity index (χ0) is 41.5. The normalized spacial score (nSPS) is 22.9. The summed E-state index contributed by atoms with van der Waals surface area (Å²) in [7, 11) is 3.19. The Morgan fingerprint density at radius 3 is 2.48 bits per heavy atom. The molecule has 0 saturated heterocycles. The molecular weight excluding hydrogens is 741 g/mol. The Morgan fingerprint density at radius 2 is 1.74 bits per heavy atom. The monoisotopic (exact) mass is 797 g/mol. The molecule has 10 heteroatoms. The van der Waals surface area contributed by atoms with E-state index in [1.54, 1.807) is 20.3 Å². The first-order valence-corrected chi connectivity index (χ1v) is 20.2. The molecule has 4 aromatic rings. The quantitative estimate of drug-likeness (QED) is 0.0864. The van der Waals surface area contributed by atoms with Crippen LogP contribution in [0.25, 0.3) is 0 Å². The average Bonchev–Trinajstić information content (AvgIpc) is 3.46. The highest BCUT2D eigenvalue weighted by Gasteiger charge is 2.57. The number of ketones is 1. The molecule has 1 saturated carbocycles. The minimum absolute atomic E-state index is 0.0237.